The molecule has 86 valence electrons. The Morgan fingerprint density at radius 2 is 2.44 bits per heavy atom. The fourth-order valence-corrected chi connectivity index (χ4v) is 3.00. The SMILES string of the molecule is Cc1[nH]c(=S)sc1CC(=O)N1CC=CCC1. The third-order valence-electron chi connectivity index (χ3n) is 2.65. The molecule has 1 N–H and O–H groups in total. The number of thiazole rings is 1. The molecule has 0 saturated heterocycles. The number of nitrogens with one attached hydrogen (secondary N) is 1. The summed E-state index contributed by atoms with van der Waals surface area (Å²) in [5, 5.41) is 0. The van der Waals surface area contributed by atoms with Gasteiger partial charge in [0.25, 0.3) is 0 Å². The minimum absolute atomic E-state index is 0.192. The van der Waals surface area contributed by atoms with Crippen LogP contribution in [0.1, 0.15) is 17.0 Å². The van der Waals surface area contributed by atoms with Crippen molar-refractivity contribution >= 4 is 29.5 Å². The second-order valence-electron chi connectivity index (χ2n) is 3.84. The number of hydrogen-bond acceptors (Lipinski definition) is 3. The number of aromatic amines is 1. The summed E-state index contributed by atoms with van der Waals surface area (Å²) in [7, 11) is 0. The van der Waals surface area contributed by atoms with E-state index in [0.29, 0.717) is 6.42 Å². The second-order valence-corrected chi connectivity index (χ2v) is 5.61. The van der Waals surface area contributed by atoms with Gasteiger partial charge in [0.1, 0.15) is 0 Å². The minimum Gasteiger partial charge on any atom is -0.341 e. The number of rotatable bonds is 2. The zero-order valence-electron chi connectivity index (χ0n) is 9.16. The monoisotopic (exact) mass is 254 g/mol. The summed E-state index contributed by atoms with van der Waals surface area (Å²) in [5.41, 5.74) is 1.02. The van der Waals surface area contributed by atoms with Crippen LogP contribution in [-0.4, -0.2) is 28.9 Å². The zero-order chi connectivity index (χ0) is 11.5. The van der Waals surface area contributed by atoms with Crippen LogP contribution in [0.3, 0.4) is 0 Å². The Morgan fingerprint density at radius 1 is 1.62 bits per heavy atom. The van der Waals surface area contributed by atoms with Gasteiger partial charge in [0.05, 0.1) is 6.42 Å². The van der Waals surface area contributed by atoms with Crippen molar-refractivity contribution in [1.29, 1.82) is 0 Å². The van der Waals surface area contributed by atoms with E-state index < -0.39 is 0 Å². The normalized spacial score (nSPS) is 15.4. The average molecular weight is 254 g/mol. The molecule has 0 aromatic carbocycles. The average Bonchev–Trinajstić information content (AvgIpc) is 2.59. The highest BCUT2D eigenvalue weighted by Crippen LogP contribution is 2.16. The van der Waals surface area contributed by atoms with Crippen molar-refractivity contribution in [1.82, 2.24) is 9.88 Å². The summed E-state index contributed by atoms with van der Waals surface area (Å²) < 4.78 is 0.749. The highest BCUT2D eigenvalue weighted by Gasteiger charge is 2.16. The number of hydrogen-bond donors (Lipinski definition) is 1. The van der Waals surface area contributed by atoms with Crippen LogP contribution in [-0.2, 0) is 11.2 Å². The van der Waals surface area contributed by atoms with Crippen molar-refractivity contribution in [3.8, 4) is 0 Å². The van der Waals surface area contributed by atoms with E-state index in [4.69, 9.17) is 12.2 Å². The van der Waals surface area contributed by atoms with E-state index >= 15 is 0 Å². The maximum absolute atomic E-state index is 12.0. The summed E-state index contributed by atoms with van der Waals surface area (Å²) in [5.74, 6) is 0.192. The van der Waals surface area contributed by atoms with Crippen LogP contribution >= 0.6 is 23.6 Å². The van der Waals surface area contributed by atoms with E-state index in [1.54, 1.807) is 0 Å². The van der Waals surface area contributed by atoms with E-state index in [0.717, 1.165) is 34.0 Å². The second kappa shape index (κ2) is 4.93. The highest BCUT2D eigenvalue weighted by molar-refractivity contribution is 7.73. The Labute approximate surface area is 104 Å². The van der Waals surface area contributed by atoms with Gasteiger partial charge in [-0.2, -0.15) is 0 Å². The topological polar surface area (TPSA) is 36.1 Å². The maximum atomic E-state index is 12.0. The van der Waals surface area contributed by atoms with Gasteiger partial charge in [-0.1, -0.05) is 12.2 Å². The molecule has 1 aliphatic heterocycles. The molecular weight excluding hydrogens is 240 g/mol. The molecular formula is C11H14N2OS2. The van der Waals surface area contributed by atoms with Gasteiger partial charge in [-0.25, -0.2) is 0 Å². The van der Waals surface area contributed by atoms with E-state index in [1.807, 2.05) is 17.9 Å². The van der Waals surface area contributed by atoms with Gasteiger partial charge in [-0.05, 0) is 25.6 Å². The summed E-state index contributed by atoms with van der Waals surface area (Å²) in [4.78, 5) is 18.0. The van der Waals surface area contributed by atoms with Gasteiger partial charge < -0.3 is 9.88 Å². The fourth-order valence-electron chi connectivity index (χ4n) is 1.72. The number of carbonyl (C=O) groups is 1. The number of carbonyl (C=O) groups excluding carboxylic acids is 1. The molecule has 0 saturated carbocycles. The fraction of sp³-hybridized carbons (Fsp3) is 0.455. The standard InChI is InChI=1S/C11H14N2OS2/c1-8-9(16-11(15)12-8)7-10(14)13-5-3-2-4-6-13/h2-3H,4-7H2,1H3,(H,12,15). The quantitative estimate of drug-likeness (QED) is 0.650. The largest absolute Gasteiger partial charge is 0.341 e. The lowest BCUT2D eigenvalue weighted by atomic mass is 10.2. The maximum Gasteiger partial charge on any atom is 0.228 e. The van der Waals surface area contributed by atoms with Crippen LogP contribution in [0.25, 0.3) is 0 Å². The molecule has 1 aliphatic rings. The number of nitrogens with zero attached hydrogens (tertiary/aromatic N) is 1. The highest BCUT2D eigenvalue weighted by atomic mass is 32.1. The number of aryl methyl sites for hydroxylation is 1. The lowest BCUT2D eigenvalue weighted by Gasteiger charge is -2.23. The minimum atomic E-state index is 0.192. The van der Waals surface area contributed by atoms with Crippen LogP contribution in [0.5, 0.6) is 0 Å². The zero-order valence-corrected chi connectivity index (χ0v) is 10.8. The van der Waals surface area contributed by atoms with Gasteiger partial charge in [0.15, 0.2) is 3.95 Å². The number of H-pyrrole nitrogens is 1. The molecule has 2 heterocycles. The molecule has 0 aliphatic carbocycles. The first-order valence-electron chi connectivity index (χ1n) is 5.28. The molecule has 2 rings (SSSR count). The molecule has 1 aromatic rings. The first-order chi connectivity index (χ1) is 7.66. The molecule has 16 heavy (non-hydrogen) atoms. The molecule has 0 unspecified atom stereocenters. The van der Waals surface area contributed by atoms with Gasteiger partial charge >= 0.3 is 0 Å². The Balaban J connectivity index is 2.04. The van der Waals surface area contributed by atoms with Crippen molar-refractivity contribution in [2.75, 3.05) is 13.1 Å². The molecule has 1 amide bonds. The summed E-state index contributed by atoms with van der Waals surface area (Å²) in [6, 6.07) is 0. The first-order valence-corrected chi connectivity index (χ1v) is 6.50. The third kappa shape index (κ3) is 2.59. The van der Waals surface area contributed by atoms with Gasteiger partial charge in [-0.3, -0.25) is 4.79 Å². The molecule has 0 fully saturated rings. The molecule has 3 nitrogen and oxygen atoms in total. The van der Waals surface area contributed by atoms with Crippen molar-refractivity contribution in [3.05, 3.63) is 26.7 Å². The van der Waals surface area contributed by atoms with Crippen LogP contribution in [0, 0.1) is 10.9 Å². The third-order valence-corrected chi connectivity index (χ3v) is 3.98. The van der Waals surface area contributed by atoms with Crippen molar-refractivity contribution < 1.29 is 4.79 Å². The molecule has 5 heteroatoms. The molecule has 0 bridgehead atoms. The molecule has 0 atom stereocenters. The van der Waals surface area contributed by atoms with Crippen LogP contribution in [0.15, 0.2) is 12.2 Å². The first kappa shape index (κ1) is 11.5. The predicted molar refractivity (Wildman–Crippen MR) is 68.3 cm³/mol. The Bertz CT molecular complexity index is 473. The van der Waals surface area contributed by atoms with E-state index in [-0.39, 0.29) is 5.91 Å². The number of aromatic nitrogens is 1. The van der Waals surface area contributed by atoms with Crippen molar-refractivity contribution in [3.63, 3.8) is 0 Å². The summed E-state index contributed by atoms with van der Waals surface area (Å²) in [6.45, 7) is 3.54. The Kier molecular flexibility index (Phi) is 3.56. The van der Waals surface area contributed by atoms with Gasteiger partial charge in [0.2, 0.25) is 5.91 Å². The lowest BCUT2D eigenvalue weighted by molar-refractivity contribution is -0.130. The van der Waals surface area contributed by atoms with Gasteiger partial charge in [0, 0.05) is 23.7 Å². The lowest BCUT2D eigenvalue weighted by Crippen LogP contribution is -2.34. The van der Waals surface area contributed by atoms with Crippen LogP contribution in [0.4, 0.5) is 0 Å². The molecule has 0 radical (unpaired) electrons. The predicted octanol–water partition coefficient (Wildman–Crippen LogP) is 2.45. The molecule has 1 aromatic heterocycles. The van der Waals surface area contributed by atoms with Crippen LogP contribution in [0.2, 0.25) is 0 Å². The van der Waals surface area contributed by atoms with Crippen molar-refractivity contribution in [2.24, 2.45) is 0 Å². The molecule has 0 spiro atoms. The summed E-state index contributed by atoms with van der Waals surface area (Å²) in [6.07, 6.45) is 5.60. The smallest absolute Gasteiger partial charge is 0.228 e. The number of amides is 1. The van der Waals surface area contributed by atoms with E-state index in [1.165, 1.54) is 11.3 Å². The summed E-state index contributed by atoms with van der Waals surface area (Å²) >= 11 is 6.56. The van der Waals surface area contributed by atoms with E-state index in [9.17, 15) is 4.79 Å². The van der Waals surface area contributed by atoms with E-state index in [2.05, 4.69) is 11.1 Å². The Hall–Kier alpha value is -0.940. The van der Waals surface area contributed by atoms with Gasteiger partial charge in [-0.15, -0.1) is 11.3 Å². The Morgan fingerprint density at radius 3 is 3.00 bits per heavy atom. The van der Waals surface area contributed by atoms with Crippen LogP contribution < -0.4 is 0 Å². The van der Waals surface area contributed by atoms with Crippen molar-refractivity contribution in [2.45, 2.75) is 19.8 Å².